The molecule has 1 aromatic carbocycles. The molecule has 1 rings (SSSR count). The number of carboxylic acids is 1. The minimum atomic E-state index is -3.23. The molecule has 86 valence electrons. The second-order valence-electron chi connectivity index (χ2n) is 2.75. The van der Waals surface area contributed by atoms with Crippen LogP contribution in [0.1, 0.15) is 22.3 Å². The number of hydrogen-bond acceptors (Lipinski definition) is 3. The van der Waals surface area contributed by atoms with Crippen molar-refractivity contribution in [2.24, 2.45) is 0 Å². The van der Waals surface area contributed by atoms with E-state index in [4.69, 9.17) is 5.11 Å². The fraction of sp³-hybridized carbons (Fsp3) is 0.125. The molecule has 0 fully saturated rings. The molecule has 1 aromatic rings. The van der Waals surface area contributed by atoms with Crippen LogP contribution in [0, 0.1) is 15.9 Å². The molecule has 0 aliphatic carbocycles. The van der Waals surface area contributed by atoms with E-state index >= 15 is 0 Å². The van der Waals surface area contributed by atoms with E-state index in [0.29, 0.717) is 0 Å². The molecule has 16 heavy (non-hydrogen) atoms. The summed E-state index contributed by atoms with van der Waals surface area (Å²) < 4.78 is 37.7. The van der Waals surface area contributed by atoms with Crippen molar-refractivity contribution in [2.75, 3.05) is 0 Å². The number of nitro groups is 1. The second kappa shape index (κ2) is 4.17. The molecule has 0 radical (unpaired) electrons. The minimum Gasteiger partial charge on any atom is -0.478 e. The number of carboxylic acid groups (broad SMARTS) is 1. The zero-order valence-electron chi connectivity index (χ0n) is 7.49. The highest BCUT2D eigenvalue weighted by molar-refractivity contribution is 5.90. The number of nitrogens with zero attached hydrogens (tertiary/aromatic N) is 1. The van der Waals surface area contributed by atoms with Crippen LogP contribution >= 0.6 is 0 Å². The molecule has 5 nitrogen and oxygen atoms in total. The molecule has 0 aliphatic rings. The van der Waals surface area contributed by atoms with Gasteiger partial charge in [-0.05, 0) is 6.07 Å². The van der Waals surface area contributed by atoms with Gasteiger partial charge in [-0.3, -0.25) is 10.1 Å². The van der Waals surface area contributed by atoms with Crippen LogP contribution in [0.25, 0.3) is 0 Å². The average Bonchev–Trinajstić information content (AvgIpc) is 2.15. The molecule has 1 N–H and O–H groups in total. The third kappa shape index (κ3) is 2.10. The van der Waals surface area contributed by atoms with E-state index in [9.17, 15) is 28.1 Å². The molecule has 0 bridgehead atoms. The quantitative estimate of drug-likeness (QED) is 0.644. The maximum atomic E-state index is 13.0. The van der Waals surface area contributed by atoms with E-state index in [1.165, 1.54) is 0 Å². The number of aromatic carboxylic acids is 1. The maximum absolute atomic E-state index is 13.0. The van der Waals surface area contributed by atoms with Crippen LogP contribution < -0.4 is 0 Å². The van der Waals surface area contributed by atoms with Gasteiger partial charge in [0.2, 0.25) is 5.82 Å². The summed E-state index contributed by atoms with van der Waals surface area (Å²) in [4.78, 5) is 19.5. The first-order chi connectivity index (χ1) is 7.34. The Morgan fingerprint density at radius 1 is 1.44 bits per heavy atom. The number of nitro benzene ring substituents is 1. The average molecular weight is 235 g/mol. The lowest BCUT2D eigenvalue weighted by Gasteiger charge is -2.05. The van der Waals surface area contributed by atoms with Crippen molar-refractivity contribution in [1.82, 2.24) is 0 Å². The van der Waals surface area contributed by atoms with Crippen LogP contribution in [0.4, 0.5) is 18.9 Å². The molecule has 0 atom stereocenters. The highest BCUT2D eigenvalue weighted by Gasteiger charge is 2.25. The van der Waals surface area contributed by atoms with E-state index in [1.807, 2.05) is 0 Å². The van der Waals surface area contributed by atoms with Crippen LogP contribution in [-0.4, -0.2) is 16.0 Å². The van der Waals surface area contributed by atoms with Gasteiger partial charge in [0.05, 0.1) is 10.5 Å². The van der Waals surface area contributed by atoms with Crippen molar-refractivity contribution < 1.29 is 28.0 Å². The second-order valence-corrected chi connectivity index (χ2v) is 2.75. The smallest absolute Gasteiger partial charge is 0.336 e. The molecular formula is C8H4F3NO4. The molecule has 0 saturated carbocycles. The third-order valence-electron chi connectivity index (χ3n) is 1.78. The van der Waals surface area contributed by atoms with Crippen molar-refractivity contribution in [1.29, 1.82) is 0 Å². The first-order valence-corrected chi connectivity index (χ1v) is 3.84. The van der Waals surface area contributed by atoms with E-state index in [-0.39, 0.29) is 12.1 Å². The number of benzene rings is 1. The zero-order chi connectivity index (χ0) is 12.5. The van der Waals surface area contributed by atoms with Gasteiger partial charge in [-0.2, -0.15) is 4.39 Å². The summed E-state index contributed by atoms with van der Waals surface area (Å²) in [5.74, 6) is -3.24. The summed E-state index contributed by atoms with van der Waals surface area (Å²) >= 11 is 0. The number of alkyl halides is 2. The first kappa shape index (κ1) is 12.0. The van der Waals surface area contributed by atoms with Crippen molar-refractivity contribution in [3.05, 3.63) is 39.2 Å². The summed E-state index contributed by atoms with van der Waals surface area (Å²) in [5.41, 5.74) is -3.25. The Hall–Kier alpha value is -2.12. The maximum Gasteiger partial charge on any atom is 0.336 e. The topological polar surface area (TPSA) is 80.4 Å². The molecule has 0 unspecified atom stereocenters. The molecule has 0 aliphatic heterocycles. The van der Waals surface area contributed by atoms with Crippen molar-refractivity contribution in [3.8, 4) is 0 Å². The van der Waals surface area contributed by atoms with Gasteiger partial charge in [0.15, 0.2) is 0 Å². The molecule has 0 aromatic heterocycles. The van der Waals surface area contributed by atoms with Gasteiger partial charge in [-0.25, -0.2) is 13.6 Å². The Balaban J connectivity index is 3.49. The lowest BCUT2D eigenvalue weighted by Crippen LogP contribution is -2.06. The third-order valence-corrected chi connectivity index (χ3v) is 1.78. The van der Waals surface area contributed by atoms with Crippen LogP contribution in [0.2, 0.25) is 0 Å². The van der Waals surface area contributed by atoms with Crippen LogP contribution in [0.15, 0.2) is 12.1 Å². The Morgan fingerprint density at radius 2 is 2.00 bits per heavy atom. The summed E-state index contributed by atoms with van der Waals surface area (Å²) in [6.07, 6.45) is -3.23. The fourth-order valence-corrected chi connectivity index (χ4v) is 1.08. The molecular weight excluding hydrogens is 231 g/mol. The van der Waals surface area contributed by atoms with E-state index in [0.717, 1.165) is 0 Å². The summed E-state index contributed by atoms with van der Waals surface area (Å²) in [6.45, 7) is 0. The van der Waals surface area contributed by atoms with Crippen molar-refractivity contribution in [2.45, 2.75) is 6.43 Å². The number of carbonyl (C=O) groups is 1. The van der Waals surface area contributed by atoms with Gasteiger partial charge < -0.3 is 5.11 Å². The molecule has 0 heterocycles. The molecule has 8 heteroatoms. The summed E-state index contributed by atoms with van der Waals surface area (Å²) in [7, 11) is 0. The van der Waals surface area contributed by atoms with Crippen molar-refractivity contribution in [3.63, 3.8) is 0 Å². The van der Waals surface area contributed by atoms with Gasteiger partial charge in [-0.1, -0.05) is 0 Å². The Labute approximate surface area is 86.3 Å². The number of halogens is 3. The molecule has 0 saturated heterocycles. The van der Waals surface area contributed by atoms with Crippen LogP contribution in [0.3, 0.4) is 0 Å². The lowest BCUT2D eigenvalue weighted by atomic mass is 10.1. The number of rotatable bonds is 3. The van der Waals surface area contributed by atoms with E-state index < -0.39 is 39.9 Å². The summed E-state index contributed by atoms with van der Waals surface area (Å²) in [6, 6.07) is 0.436. The SMILES string of the molecule is O=C(O)c1cc(F)c([N+](=O)[O-])cc1C(F)F. The van der Waals surface area contributed by atoms with Gasteiger partial charge in [0, 0.05) is 11.6 Å². The number of hydrogen-bond donors (Lipinski definition) is 1. The summed E-state index contributed by atoms with van der Waals surface area (Å²) in [5, 5.41) is 18.7. The largest absolute Gasteiger partial charge is 0.478 e. The highest BCUT2D eigenvalue weighted by atomic mass is 19.3. The standard InChI is InChI=1S/C8H4F3NO4/c9-5-1-4(8(13)14)3(7(10)11)2-6(5)12(15)16/h1-2,7H,(H,13,14). The predicted octanol–water partition coefficient (Wildman–Crippen LogP) is 2.37. The molecule has 0 amide bonds. The van der Waals surface area contributed by atoms with Crippen molar-refractivity contribution >= 4 is 11.7 Å². The Morgan fingerprint density at radius 3 is 2.38 bits per heavy atom. The van der Waals surface area contributed by atoms with Crippen LogP contribution in [0.5, 0.6) is 0 Å². The van der Waals surface area contributed by atoms with Gasteiger partial charge in [-0.15, -0.1) is 0 Å². The first-order valence-electron chi connectivity index (χ1n) is 3.84. The van der Waals surface area contributed by atoms with Crippen LogP contribution in [-0.2, 0) is 0 Å². The Kier molecular flexibility index (Phi) is 3.11. The zero-order valence-corrected chi connectivity index (χ0v) is 7.49. The van der Waals surface area contributed by atoms with Gasteiger partial charge >= 0.3 is 11.7 Å². The lowest BCUT2D eigenvalue weighted by molar-refractivity contribution is -0.387. The van der Waals surface area contributed by atoms with E-state index in [2.05, 4.69) is 0 Å². The normalized spacial score (nSPS) is 10.5. The highest BCUT2D eigenvalue weighted by Crippen LogP contribution is 2.29. The van der Waals surface area contributed by atoms with Gasteiger partial charge in [0.1, 0.15) is 0 Å². The monoisotopic (exact) mass is 235 g/mol. The predicted molar refractivity (Wildman–Crippen MR) is 45.0 cm³/mol. The Bertz CT molecular complexity index is 461. The van der Waals surface area contributed by atoms with E-state index in [1.54, 1.807) is 0 Å². The minimum absolute atomic E-state index is 0.210. The molecule has 0 spiro atoms. The fourth-order valence-electron chi connectivity index (χ4n) is 1.08. The van der Waals surface area contributed by atoms with Gasteiger partial charge in [0.25, 0.3) is 6.43 Å².